The molecule has 0 bridgehead atoms. The van der Waals surface area contributed by atoms with E-state index in [2.05, 4.69) is 15.2 Å². The summed E-state index contributed by atoms with van der Waals surface area (Å²) in [5, 5.41) is 8.80. The number of aromatic nitrogens is 3. The molecule has 3 heterocycles. The Labute approximate surface area is 177 Å². The quantitative estimate of drug-likeness (QED) is 0.645. The Balaban J connectivity index is 1.70. The van der Waals surface area contributed by atoms with Gasteiger partial charge in [0.05, 0.1) is 23.7 Å². The minimum absolute atomic E-state index is 0.233. The fraction of sp³-hybridized carbons (Fsp3) is 0.364. The molecule has 0 saturated carbocycles. The molecule has 2 aliphatic rings. The van der Waals surface area contributed by atoms with E-state index >= 15 is 0 Å². The van der Waals surface area contributed by atoms with E-state index in [1.54, 1.807) is 6.07 Å². The predicted octanol–water partition coefficient (Wildman–Crippen LogP) is 3.12. The average Bonchev–Trinajstić information content (AvgIpc) is 3.41. The van der Waals surface area contributed by atoms with E-state index < -0.39 is 10.0 Å². The van der Waals surface area contributed by atoms with Crippen molar-refractivity contribution in [1.82, 2.24) is 19.3 Å². The van der Waals surface area contributed by atoms with Crippen LogP contribution >= 0.6 is 0 Å². The van der Waals surface area contributed by atoms with Crippen LogP contribution in [0.3, 0.4) is 0 Å². The third kappa shape index (κ3) is 3.20. The first-order chi connectivity index (χ1) is 14.6. The molecule has 0 atom stereocenters. The third-order valence-corrected chi connectivity index (χ3v) is 7.95. The van der Waals surface area contributed by atoms with E-state index in [0.29, 0.717) is 29.2 Å². The fourth-order valence-electron chi connectivity index (χ4n) is 4.39. The lowest BCUT2D eigenvalue weighted by Gasteiger charge is -2.21. The summed E-state index contributed by atoms with van der Waals surface area (Å²) in [6, 6.07) is 15.8. The van der Waals surface area contributed by atoms with Gasteiger partial charge < -0.3 is 4.90 Å². The largest absolute Gasteiger partial charge is 0.372 e. The smallest absolute Gasteiger partial charge is 0.244 e. The van der Waals surface area contributed by atoms with Gasteiger partial charge in [0, 0.05) is 30.9 Å². The summed E-state index contributed by atoms with van der Waals surface area (Å²) in [6.45, 7) is 5.03. The predicted molar refractivity (Wildman–Crippen MR) is 116 cm³/mol. The highest BCUT2D eigenvalue weighted by atomic mass is 32.2. The lowest BCUT2D eigenvalue weighted by molar-refractivity contribution is 0.421. The Hall–Kier alpha value is -2.71. The molecule has 1 fully saturated rings. The summed E-state index contributed by atoms with van der Waals surface area (Å²) >= 11 is 0. The first kappa shape index (κ1) is 19.3. The highest BCUT2D eigenvalue weighted by molar-refractivity contribution is 7.89. The summed E-state index contributed by atoms with van der Waals surface area (Å²) in [4.78, 5) is 2.66. The first-order valence-electron chi connectivity index (χ1n) is 10.4. The van der Waals surface area contributed by atoms with E-state index in [0.717, 1.165) is 42.9 Å². The topological polar surface area (TPSA) is 71.3 Å². The Kier molecular flexibility index (Phi) is 4.83. The van der Waals surface area contributed by atoms with Gasteiger partial charge in [0.1, 0.15) is 5.69 Å². The van der Waals surface area contributed by atoms with Crippen molar-refractivity contribution in [1.29, 1.82) is 0 Å². The SMILES string of the molecule is CCN1Cc2nnn(Cc3ccccc3)c2-c2cc(N3CCCC3)ccc2S1(=O)=O. The first-order valence-corrected chi connectivity index (χ1v) is 11.9. The zero-order chi connectivity index (χ0) is 20.7. The molecule has 2 aliphatic heterocycles. The molecular weight excluding hydrogens is 398 g/mol. The molecule has 3 aromatic rings. The summed E-state index contributed by atoms with van der Waals surface area (Å²) in [6.07, 6.45) is 2.33. The average molecular weight is 424 g/mol. The van der Waals surface area contributed by atoms with Gasteiger partial charge in [0.15, 0.2) is 0 Å². The van der Waals surface area contributed by atoms with Crippen molar-refractivity contribution in [2.45, 2.75) is 37.8 Å². The highest BCUT2D eigenvalue weighted by Crippen LogP contribution is 2.38. The maximum Gasteiger partial charge on any atom is 0.244 e. The Bertz CT molecular complexity index is 1170. The highest BCUT2D eigenvalue weighted by Gasteiger charge is 2.35. The molecule has 0 unspecified atom stereocenters. The number of anilines is 1. The van der Waals surface area contributed by atoms with Crippen molar-refractivity contribution in [2.75, 3.05) is 24.5 Å². The van der Waals surface area contributed by atoms with Gasteiger partial charge in [-0.1, -0.05) is 42.5 Å². The van der Waals surface area contributed by atoms with Gasteiger partial charge in [-0.05, 0) is 36.6 Å². The molecule has 0 aliphatic carbocycles. The molecule has 0 radical (unpaired) electrons. The molecule has 0 amide bonds. The van der Waals surface area contributed by atoms with Crippen LogP contribution in [0.2, 0.25) is 0 Å². The van der Waals surface area contributed by atoms with Crippen LogP contribution in [0, 0.1) is 0 Å². The van der Waals surface area contributed by atoms with Crippen LogP contribution in [-0.2, 0) is 23.1 Å². The van der Waals surface area contributed by atoms with Crippen LogP contribution in [0.25, 0.3) is 11.3 Å². The van der Waals surface area contributed by atoms with Crippen LogP contribution in [0.1, 0.15) is 31.0 Å². The Morgan fingerprint density at radius 2 is 1.80 bits per heavy atom. The van der Waals surface area contributed by atoms with Gasteiger partial charge >= 0.3 is 0 Å². The number of sulfonamides is 1. The van der Waals surface area contributed by atoms with Gasteiger partial charge in [-0.3, -0.25) is 0 Å². The summed E-state index contributed by atoms with van der Waals surface area (Å²) in [7, 11) is -3.60. The van der Waals surface area contributed by atoms with Crippen LogP contribution in [-0.4, -0.2) is 47.4 Å². The van der Waals surface area contributed by atoms with Gasteiger partial charge in [-0.25, -0.2) is 13.1 Å². The lowest BCUT2D eigenvalue weighted by atomic mass is 10.1. The maximum absolute atomic E-state index is 13.4. The van der Waals surface area contributed by atoms with Gasteiger partial charge in [0.25, 0.3) is 0 Å². The summed E-state index contributed by atoms with van der Waals surface area (Å²) < 4.78 is 30.1. The molecule has 0 spiro atoms. The Morgan fingerprint density at radius 3 is 2.53 bits per heavy atom. The maximum atomic E-state index is 13.4. The van der Waals surface area contributed by atoms with Crippen molar-refractivity contribution in [2.24, 2.45) is 0 Å². The van der Waals surface area contributed by atoms with Gasteiger partial charge in [0.2, 0.25) is 10.0 Å². The molecule has 8 heteroatoms. The number of hydrogen-bond donors (Lipinski definition) is 0. The molecule has 5 rings (SSSR count). The summed E-state index contributed by atoms with van der Waals surface area (Å²) in [5.74, 6) is 0. The standard InChI is InChI=1S/C22H25N5O2S/c1-2-26-16-20-22(27(24-23-20)15-17-8-4-3-5-9-17)19-14-18(25-12-6-7-13-25)10-11-21(19)30(26,28)29/h3-5,8-11,14H,2,6-7,12-13,15-16H2,1H3. The Morgan fingerprint density at radius 1 is 1.03 bits per heavy atom. The second-order valence-corrected chi connectivity index (χ2v) is 9.74. The van der Waals surface area contributed by atoms with Crippen molar-refractivity contribution >= 4 is 15.7 Å². The van der Waals surface area contributed by atoms with Crippen molar-refractivity contribution < 1.29 is 8.42 Å². The van der Waals surface area contributed by atoms with Crippen molar-refractivity contribution in [3.05, 3.63) is 59.8 Å². The molecule has 30 heavy (non-hydrogen) atoms. The molecule has 1 aromatic heterocycles. The minimum atomic E-state index is -3.60. The van der Waals surface area contributed by atoms with Crippen LogP contribution in [0.4, 0.5) is 5.69 Å². The molecule has 156 valence electrons. The van der Waals surface area contributed by atoms with Crippen LogP contribution in [0.15, 0.2) is 53.4 Å². The molecule has 2 aromatic carbocycles. The van der Waals surface area contributed by atoms with E-state index in [1.807, 2.05) is 54.1 Å². The summed E-state index contributed by atoms with van der Waals surface area (Å²) in [5.41, 5.74) is 4.36. The van der Waals surface area contributed by atoms with Gasteiger partial charge in [-0.15, -0.1) is 5.10 Å². The minimum Gasteiger partial charge on any atom is -0.372 e. The number of fused-ring (bicyclic) bond motifs is 3. The molecule has 1 saturated heterocycles. The zero-order valence-electron chi connectivity index (χ0n) is 17.0. The number of rotatable bonds is 4. The second kappa shape index (κ2) is 7.52. The van der Waals surface area contributed by atoms with Crippen molar-refractivity contribution in [3.8, 4) is 11.3 Å². The van der Waals surface area contributed by atoms with Crippen LogP contribution in [0.5, 0.6) is 0 Å². The molecule has 0 N–H and O–H groups in total. The van der Waals surface area contributed by atoms with E-state index in [1.165, 1.54) is 4.31 Å². The normalized spacial score (nSPS) is 18.1. The van der Waals surface area contributed by atoms with E-state index in [-0.39, 0.29) is 6.54 Å². The second-order valence-electron chi connectivity index (χ2n) is 7.83. The number of benzene rings is 2. The molecule has 7 nitrogen and oxygen atoms in total. The third-order valence-electron chi connectivity index (χ3n) is 5.97. The van der Waals surface area contributed by atoms with Gasteiger partial charge in [-0.2, -0.15) is 4.31 Å². The monoisotopic (exact) mass is 423 g/mol. The lowest BCUT2D eigenvalue weighted by Crippen LogP contribution is -2.29. The van der Waals surface area contributed by atoms with Crippen LogP contribution < -0.4 is 4.90 Å². The van der Waals surface area contributed by atoms with E-state index in [4.69, 9.17) is 0 Å². The fourth-order valence-corrected chi connectivity index (χ4v) is 5.97. The van der Waals surface area contributed by atoms with Crippen molar-refractivity contribution in [3.63, 3.8) is 0 Å². The number of nitrogens with zero attached hydrogens (tertiary/aromatic N) is 5. The zero-order valence-corrected chi connectivity index (χ0v) is 17.8. The molecular formula is C22H25N5O2S. The number of hydrogen-bond acceptors (Lipinski definition) is 5. The van der Waals surface area contributed by atoms with E-state index in [9.17, 15) is 8.42 Å².